The fraction of sp³-hybridized carbons (Fsp3) is 0.440. The van der Waals surface area contributed by atoms with E-state index in [-0.39, 0.29) is 16.7 Å². The summed E-state index contributed by atoms with van der Waals surface area (Å²) in [5.41, 5.74) is 2.57. The molecule has 3 heterocycles. The fourth-order valence-electron chi connectivity index (χ4n) is 4.64. The highest BCUT2D eigenvalue weighted by molar-refractivity contribution is 7.89. The number of piperidine rings is 1. The van der Waals surface area contributed by atoms with E-state index in [1.807, 2.05) is 29.2 Å². The van der Waals surface area contributed by atoms with Crippen molar-refractivity contribution in [1.29, 1.82) is 0 Å². The second kappa shape index (κ2) is 9.85. The minimum absolute atomic E-state index is 0.103. The van der Waals surface area contributed by atoms with Crippen molar-refractivity contribution in [2.24, 2.45) is 0 Å². The minimum atomic E-state index is -3.51. The molecule has 180 valence electrons. The molecule has 8 nitrogen and oxygen atoms in total. The van der Waals surface area contributed by atoms with Gasteiger partial charge >= 0.3 is 0 Å². The Balaban J connectivity index is 1.17. The fourth-order valence-corrected chi connectivity index (χ4v) is 6.05. The van der Waals surface area contributed by atoms with Gasteiger partial charge in [-0.3, -0.25) is 4.79 Å². The number of morpholine rings is 1. The molecule has 3 aromatic rings. The number of sulfonamides is 1. The van der Waals surface area contributed by atoms with Gasteiger partial charge in [0, 0.05) is 32.6 Å². The van der Waals surface area contributed by atoms with Gasteiger partial charge in [-0.2, -0.15) is 4.31 Å². The third-order valence-electron chi connectivity index (χ3n) is 6.59. The number of fused-ring (bicyclic) bond motifs is 1. The van der Waals surface area contributed by atoms with Gasteiger partial charge in [0.2, 0.25) is 15.9 Å². The zero-order valence-electron chi connectivity index (χ0n) is 19.1. The number of hydrogen-bond donors (Lipinski definition) is 0. The van der Waals surface area contributed by atoms with Crippen LogP contribution in [0.25, 0.3) is 11.1 Å². The number of ether oxygens (including phenoxy) is 1. The number of oxazole rings is 1. The number of aromatic nitrogens is 1. The molecule has 1 amide bonds. The Morgan fingerprint density at radius 2 is 1.79 bits per heavy atom. The molecule has 34 heavy (non-hydrogen) atoms. The van der Waals surface area contributed by atoms with Crippen molar-refractivity contribution in [3.8, 4) is 0 Å². The number of para-hydroxylation sites is 2. The predicted octanol–water partition coefficient (Wildman–Crippen LogP) is 3.19. The summed E-state index contributed by atoms with van der Waals surface area (Å²) in [6.45, 7) is 2.94. The van der Waals surface area contributed by atoms with E-state index in [1.54, 1.807) is 24.3 Å². The number of carbonyl (C=O) groups excluding carboxylic acids is 1. The SMILES string of the molecule is O=C(CCc1ccc(S(=O)(=O)N2CCOCC2)cc1)N1CCCC(c2nc3ccccc3o2)C1. The van der Waals surface area contributed by atoms with E-state index in [1.165, 1.54) is 4.31 Å². The molecule has 0 spiro atoms. The van der Waals surface area contributed by atoms with E-state index in [0.717, 1.165) is 36.0 Å². The van der Waals surface area contributed by atoms with E-state index >= 15 is 0 Å². The number of amides is 1. The van der Waals surface area contributed by atoms with Crippen LogP contribution in [0.3, 0.4) is 0 Å². The maximum atomic E-state index is 12.9. The zero-order valence-corrected chi connectivity index (χ0v) is 19.9. The first-order chi connectivity index (χ1) is 16.5. The predicted molar refractivity (Wildman–Crippen MR) is 127 cm³/mol. The molecule has 5 rings (SSSR count). The van der Waals surface area contributed by atoms with Crippen LogP contribution in [0.2, 0.25) is 0 Å². The summed E-state index contributed by atoms with van der Waals surface area (Å²) in [5.74, 6) is 0.913. The van der Waals surface area contributed by atoms with Gasteiger partial charge in [0.25, 0.3) is 0 Å². The Labute approximate surface area is 199 Å². The number of benzene rings is 2. The molecule has 2 aliphatic heterocycles. The molecule has 0 aliphatic carbocycles. The first-order valence-electron chi connectivity index (χ1n) is 11.8. The molecule has 1 unspecified atom stereocenters. The largest absolute Gasteiger partial charge is 0.440 e. The molecule has 0 N–H and O–H groups in total. The normalized spacial score (nSPS) is 20.0. The monoisotopic (exact) mass is 483 g/mol. The van der Waals surface area contributed by atoms with E-state index in [2.05, 4.69) is 4.98 Å². The number of hydrogen-bond acceptors (Lipinski definition) is 6. The molecule has 2 aliphatic rings. The van der Waals surface area contributed by atoms with Crippen LogP contribution in [0.1, 0.15) is 36.6 Å². The molecule has 2 aromatic carbocycles. The molecule has 1 aromatic heterocycles. The van der Waals surface area contributed by atoms with Gasteiger partial charge in [0.05, 0.1) is 24.0 Å². The van der Waals surface area contributed by atoms with Gasteiger partial charge in [0.1, 0.15) is 5.52 Å². The van der Waals surface area contributed by atoms with Gasteiger partial charge in [0.15, 0.2) is 11.5 Å². The molecule has 2 saturated heterocycles. The highest BCUT2D eigenvalue weighted by Crippen LogP contribution is 2.29. The quantitative estimate of drug-likeness (QED) is 0.535. The molecular weight excluding hydrogens is 454 g/mol. The van der Waals surface area contributed by atoms with Crippen molar-refractivity contribution in [2.75, 3.05) is 39.4 Å². The lowest BCUT2D eigenvalue weighted by Gasteiger charge is -2.31. The average Bonchev–Trinajstić information content (AvgIpc) is 3.33. The summed E-state index contributed by atoms with van der Waals surface area (Å²) in [6.07, 6.45) is 2.83. The standard InChI is InChI=1S/C25H29N3O5S/c29-24(27-13-3-4-20(18-27)25-26-22-5-1-2-6-23(22)33-25)12-9-19-7-10-21(11-8-19)34(30,31)28-14-16-32-17-15-28/h1-2,5-8,10-11,20H,3-4,9,12-18H2. The number of carbonyl (C=O) groups is 1. The van der Waals surface area contributed by atoms with Gasteiger partial charge in [-0.05, 0) is 49.1 Å². The number of nitrogens with zero attached hydrogens (tertiary/aromatic N) is 3. The molecule has 2 fully saturated rings. The van der Waals surface area contributed by atoms with Crippen LogP contribution in [-0.4, -0.2) is 67.9 Å². The van der Waals surface area contributed by atoms with E-state index in [4.69, 9.17) is 9.15 Å². The van der Waals surface area contributed by atoms with Crippen LogP contribution in [-0.2, 0) is 26.0 Å². The Hall–Kier alpha value is -2.75. The van der Waals surface area contributed by atoms with E-state index in [0.29, 0.717) is 51.6 Å². The highest BCUT2D eigenvalue weighted by atomic mass is 32.2. The van der Waals surface area contributed by atoms with Crippen LogP contribution in [0.4, 0.5) is 0 Å². The molecule has 1 atom stereocenters. The van der Waals surface area contributed by atoms with Crippen molar-refractivity contribution in [1.82, 2.24) is 14.2 Å². The van der Waals surface area contributed by atoms with Gasteiger partial charge in [-0.1, -0.05) is 24.3 Å². The third kappa shape index (κ3) is 4.87. The molecule has 0 saturated carbocycles. The Bertz CT molecular complexity index is 1220. The smallest absolute Gasteiger partial charge is 0.243 e. The van der Waals surface area contributed by atoms with Gasteiger partial charge in [-0.15, -0.1) is 0 Å². The molecule has 0 bridgehead atoms. The molecular formula is C25H29N3O5S. The minimum Gasteiger partial charge on any atom is -0.440 e. The van der Waals surface area contributed by atoms with Crippen molar-refractivity contribution in [3.05, 3.63) is 60.0 Å². The second-order valence-electron chi connectivity index (χ2n) is 8.86. The molecule has 0 radical (unpaired) electrons. The zero-order chi connectivity index (χ0) is 23.5. The Morgan fingerprint density at radius 1 is 1.03 bits per heavy atom. The van der Waals surface area contributed by atoms with Crippen LogP contribution in [0.15, 0.2) is 57.8 Å². The highest BCUT2D eigenvalue weighted by Gasteiger charge is 2.28. The van der Waals surface area contributed by atoms with Crippen LogP contribution < -0.4 is 0 Å². The average molecular weight is 484 g/mol. The van der Waals surface area contributed by atoms with E-state index < -0.39 is 10.0 Å². The van der Waals surface area contributed by atoms with E-state index in [9.17, 15) is 13.2 Å². The van der Waals surface area contributed by atoms with Crippen LogP contribution in [0.5, 0.6) is 0 Å². The Morgan fingerprint density at radius 3 is 2.56 bits per heavy atom. The summed E-state index contributed by atoms with van der Waals surface area (Å²) in [7, 11) is -3.51. The van der Waals surface area contributed by atoms with Crippen molar-refractivity contribution in [3.63, 3.8) is 0 Å². The maximum Gasteiger partial charge on any atom is 0.243 e. The summed E-state index contributed by atoms with van der Waals surface area (Å²) < 4.78 is 38.2. The topological polar surface area (TPSA) is 93.0 Å². The lowest BCUT2D eigenvalue weighted by atomic mass is 9.97. The molecule has 9 heteroatoms. The van der Waals surface area contributed by atoms with Crippen molar-refractivity contribution in [2.45, 2.75) is 36.5 Å². The number of likely N-dealkylation sites (tertiary alicyclic amines) is 1. The lowest BCUT2D eigenvalue weighted by Crippen LogP contribution is -2.40. The second-order valence-corrected chi connectivity index (χ2v) is 10.8. The van der Waals surface area contributed by atoms with Crippen LogP contribution >= 0.6 is 0 Å². The summed E-state index contributed by atoms with van der Waals surface area (Å²) in [4.78, 5) is 19.7. The lowest BCUT2D eigenvalue weighted by molar-refractivity contribution is -0.132. The van der Waals surface area contributed by atoms with Gasteiger partial charge < -0.3 is 14.1 Å². The maximum absolute atomic E-state index is 12.9. The summed E-state index contributed by atoms with van der Waals surface area (Å²) in [6, 6.07) is 14.6. The number of aryl methyl sites for hydroxylation is 1. The van der Waals surface area contributed by atoms with Gasteiger partial charge in [-0.25, -0.2) is 13.4 Å². The van der Waals surface area contributed by atoms with Crippen LogP contribution in [0, 0.1) is 0 Å². The number of rotatable bonds is 6. The van der Waals surface area contributed by atoms with Crippen molar-refractivity contribution >= 4 is 27.0 Å². The first-order valence-corrected chi connectivity index (χ1v) is 13.2. The summed E-state index contributed by atoms with van der Waals surface area (Å²) >= 11 is 0. The van der Waals surface area contributed by atoms with Crippen molar-refractivity contribution < 1.29 is 22.4 Å². The first kappa shape index (κ1) is 23.0. The third-order valence-corrected chi connectivity index (χ3v) is 8.51. The Kier molecular flexibility index (Phi) is 6.67. The summed E-state index contributed by atoms with van der Waals surface area (Å²) in [5, 5.41) is 0.